The first-order valence-electron chi connectivity index (χ1n) is 7.89. The Hall–Kier alpha value is -2.20. The molecule has 0 aromatic carbocycles. The Morgan fingerprint density at radius 1 is 1.00 bits per heavy atom. The first-order valence-corrected chi connectivity index (χ1v) is 7.89. The molecule has 26 heavy (non-hydrogen) atoms. The van der Waals surface area contributed by atoms with E-state index >= 15 is 0 Å². The summed E-state index contributed by atoms with van der Waals surface area (Å²) in [5, 5.41) is 21.1. The van der Waals surface area contributed by atoms with Crippen LogP contribution in [0.4, 0.5) is 9.59 Å². The van der Waals surface area contributed by atoms with Crippen LogP contribution in [0.3, 0.4) is 0 Å². The molecule has 0 aromatic rings. The van der Waals surface area contributed by atoms with Crippen LogP contribution in [-0.4, -0.2) is 74.8 Å². The predicted molar refractivity (Wildman–Crippen MR) is 96.0 cm³/mol. The Morgan fingerprint density at radius 3 is 1.62 bits per heavy atom. The van der Waals surface area contributed by atoms with Gasteiger partial charge < -0.3 is 15.5 Å². The summed E-state index contributed by atoms with van der Waals surface area (Å²) in [5.74, 6) is -0.526. The highest BCUT2D eigenvalue weighted by molar-refractivity contribution is 6.07. The first-order chi connectivity index (χ1) is 11.4. The molecule has 2 saturated heterocycles. The van der Waals surface area contributed by atoms with Crippen molar-refractivity contribution in [3.8, 4) is 0 Å². The molecule has 10 nitrogen and oxygen atoms in total. The fourth-order valence-electron chi connectivity index (χ4n) is 2.06. The van der Waals surface area contributed by atoms with Crippen molar-refractivity contribution in [2.24, 2.45) is 0 Å². The van der Waals surface area contributed by atoms with Crippen LogP contribution in [0.5, 0.6) is 0 Å². The lowest BCUT2D eigenvalue weighted by Gasteiger charge is -2.24. The highest BCUT2D eigenvalue weighted by atomic mass is 16.3. The number of rotatable bonds is 2. The average molecular weight is 376 g/mol. The average Bonchev–Trinajstić information content (AvgIpc) is 2.81. The van der Waals surface area contributed by atoms with E-state index in [1.165, 1.54) is 0 Å². The van der Waals surface area contributed by atoms with E-state index in [1.54, 1.807) is 41.5 Å². The molecule has 2 aliphatic rings. The van der Waals surface area contributed by atoms with Crippen molar-refractivity contribution >= 4 is 23.9 Å². The topological polar surface area (TPSA) is 139 Å². The summed E-state index contributed by atoms with van der Waals surface area (Å²) in [7, 11) is 0. The van der Waals surface area contributed by atoms with E-state index in [1.807, 2.05) is 0 Å². The normalized spacial score (nSPS) is 19.5. The van der Waals surface area contributed by atoms with Gasteiger partial charge in [-0.1, -0.05) is 7.43 Å². The van der Waals surface area contributed by atoms with E-state index in [2.05, 4.69) is 10.6 Å². The fraction of sp³-hybridized carbons (Fsp3) is 0.750. The lowest BCUT2D eigenvalue weighted by atomic mass is 10.1. The number of urea groups is 2. The maximum Gasteiger partial charge on any atom is 0.329 e. The molecule has 2 heterocycles. The minimum Gasteiger partial charge on any atom is -0.397 e. The summed E-state index contributed by atoms with van der Waals surface area (Å²) in [6.07, 6.45) is 0. The number of aliphatic hydroxyl groups excluding tert-OH is 2. The molecule has 2 fully saturated rings. The number of aliphatic hydroxyl groups is 2. The third-order valence-corrected chi connectivity index (χ3v) is 3.58. The number of carbonyl (C=O) groups excluding carboxylic acids is 4. The third-order valence-electron chi connectivity index (χ3n) is 3.58. The number of hydrogen-bond acceptors (Lipinski definition) is 6. The smallest absolute Gasteiger partial charge is 0.329 e. The van der Waals surface area contributed by atoms with Crippen LogP contribution in [0.2, 0.25) is 0 Å². The van der Waals surface area contributed by atoms with Crippen molar-refractivity contribution in [3.63, 3.8) is 0 Å². The molecule has 0 bridgehead atoms. The highest BCUT2D eigenvalue weighted by Gasteiger charge is 2.50. The van der Waals surface area contributed by atoms with Crippen LogP contribution in [0.1, 0.15) is 49.0 Å². The second-order valence-corrected chi connectivity index (χ2v) is 6.31. The van der Waals surface area contributed by atoms with E-state index in [-0.39, 0.29) is 25.8 Å². The molecular weight excluding hydrogens is 344 g/mol. The van der Waals surface area contributed by atoms with Gasteiger partial charge in [-0.25, -0.2) is 9.59 Å². The molecule has 0 aliphatic carbocycles. The van der Waals surface area contributed by atoms with E-state index in [0.717, 1.165) is 9.80 Å². The van der Waals surface area contributed by atoms with Crippen molar-refractivity contribution in [3.05, 3.63) is 0 Å². The molecule has 0 aromatic heterocycles. The molecular formula is C16H32N4O6. The van der Waals surface area contributed by atoms with Crippen molar-refractivity contribution in [1.29, 1.82) is 0 Å². The van der Waals surface area contributed by atoms with Gasteiger partial charge >= 0.3 is 12.1 Å². The van der Waals surface area contributed by atoms with Crippen LogP contribution in [0, 0.1) is 0 Å². The zero-order chi connectivity index (χ0) is 20.0. The number of carbonyl (C=O) groups is 4. The predicted octanol–water partition coefficient (Wildman–Crippen LogP) is 0.238. The molecule has 0 spiro atoms. The van der Waals surface area contributed by atoms with Gasteiger partial charge in [-0.15, -0.1) is 0 Å². The third kappa shape index (κ3) is 5.67. The number of nitrogens with one attached hydrogen (secondary N) is 2. The molecule has 2 aliphatic heterocycles. The van der Waals surface area contributed by atoms with Crippen molar-refractivity contribution in [2.45, 2.75) is 60.0 Å². The minimum absolute atomic E-state index is 0. The number of imide groups is 2. The zero-order valence-electron chi connectivity index (χ0n) is 15.5. The van der Waals surface area contributed by atoms with Gasteiger partial charge in [-0.2, -0.15) is 0 Å². The molecule has 2 rings (SSSR count). The molecule has 0 radical (unpaired) electrons. The SMILES string of the molecule is C.CC1(C)NC(=O)NC1=O.CCN1C(=O)N(CO)C(C)(C)C1=O.CCO. The Bertz CT molecular complexity index is 533. The van der Waals surface area contributed by atoms with Gasteiger partial charge in [0.25, 0.3) is 11.8 Å². The number of likely N-dealkylation sites (N-methyl/N-ethyl adjacent to an activating group) is 1. The van der Waals surface area contributed by atoms with Gasteiger partial charge in [0, 0.05) is 13.2 Å². The Kier molecular flexibility index (Phi) is 10.1. The quantitative estimate of drug-likeness (QED) is 0.509. The van der Waals surface area contributed by atoms with E-state index in [0.29, 0.717) is 6.54 Å². The zero-order valence-corrected chi connectivity index (χ0v) is 15.5. The summed E-state index contributed by atoms with van der Waals surface area (Å²) >= 11 is 0. The molecule has 152 valence electrons. The van der Waals surface area contributed by atoms with Crippen LogP contribution >= 0.6 is 0 Å². The molecule has 6 amide bonds. The monoisotopic (exact) mass is 376 g/mol. The Balaban J connectivity index is 0. The lowest BCUT2D eigenvalue weighted by Crippen LogP contribution is -2.44. The van der Waals surface area contributed by atoms with E-state index in [9.17, 15) is 19.2 Å². The summed E-state index contributed by atoms with van der Waals surface area (Å²) in [4.78, 5) is 46.5. The minimum atomic E-state index is -0.915. The van der Waals surface area contributed by atoms with Gasteiger partial charge in [0.15, 0.2) is 0 Å². The number of hydrogen-bond donors (Lipinski definition) is 4. The van der Waals surface area contributed by atoms with Crippen molar-refractivity contribution in [2.75, 3.05) is 19.9 Å². The lowest BCUT2D eigenvalue weighted by molar-refractivity contribution is -0.132. The summed E-state index contributed by atoms with van der Waals surface area (Å²) in [6.45, 7) is 10.1. The highest BCUT2D eigenvalue weighted by Crippen LogP contribution is 2.26. The maximum atomic E-state index is 11.6. The van der Waals surface area contributed by atoms with Gasteiger partial charge in [0.05, 0.1) is 0 Å². The summed E-state index contributed by atoms with van der Waals surface area (Å²) < 4.78 is 0. The van der Waals surface area contributed by atoms with E-state index in [4.69, 9.17) is 10.2 Å². The second kappa shape index (κ2) is 10.1. The van der Waals surface area contributed by atoms with Gasteiger partial charge in [-0.3, -0.25) is 24.7 Å². The van der Waals surface area contributed by atoms with Crippen LogP contribution < -0.4 is 10.6 Å². The Morgan fingerprint density at radius 2 is 1.46 bits per heavy atom. The van der Waals surface area contributed by atoms with Crippen molar-refractivity contribution < 1.29 is 29.4 Å². The van der Waals surface area contributed by atoms with Crippen LogP contribution in [0.15, 0.2) is 0 Å². The summed E-state index contributed by atoms with van der Waals surface area (Å²) in [5.41, 5.74) is -1.64. The maximum absolute atomic E-state index is 11.6. The fourth-order valence-corrected chi connectivity index (χ4v) is 2.06. The molecule has 0 saturated carbocycles. The number of amides is 6. The standard InChI is InChI=1S/C8H14N2O3.C5H8N2O2.C2H6O.CH4/c1-4-9-6(12)8(2,3)10(5-11)7(9)13;1-5(2)3(8)6-4(9)7-5;1-2-3;/h11H,4-5H2,1-3H3;1-2H3,(H2,6,7,8,9);3H,2H2,1H3;1H4. The van der Waals surface area contributed by atoms with Crippen molar-refractivity contribution in [1.82, 2.24) is 20.4 Å². The molecule has 0 unspecified atom stereocenters. The number of nitrogens with zero attached hydrogens (tertiary/aromatic N) is 2. The molecule has 0 atom stereocenters. The largest absolute Gasteiger partial charge is 0.397 e. The Labute approximate surface area is 154 Å². The second-order valence-electron chi connectivity index (χ2n) is 6.31. The first kappa shape index (κ1) is 26.0. The molecule has 10 heteroatoms. The summed E-state index contributed by atoms with van der Waals surface area (Å²) in [6, 6.07) is -0.829. The van der Waals surface area contributed by atoms with Gasteiger partial charge in [0.1, 0.15) is 17.8 Å². The van der Waals surface area contributed by atoms with Gasteiger partial charge in [-0.05, 0) is 41.5 Å². The van der Waals surface area contributed by atoms with E-state index < -0.39 is 29.9 Å². The van der Waals surface area contributed by atoms with Crippen LogP contribution in [0.25, 0.3) is 0 Å². The van der Waals surface area contributed by atoms with Crippen LogP contribution in [-0.2, 0) is 9.59 Å². The molecule has 4 N–H and O–H groups in total. The van der Waals surface area contributed by atoms with Gasteiger partial charge in [0.2, 0.25) is 0 Å².